The molecule has 270 valence electrons. The zero-order valence-electron chi connectivity index (χ0n) is 33.6. The molecule has 2 nitrogen and oxygen atoms in total. The molecular weight excluding hydrogens is 650 g/mol. The van der Waals surface area contributed by atoms with Crippen molar-refractivity contribution in [2.45, 2.75) is 111 Å². The lowest BCUT2D eigenvalue weighted by Gasteiger charge is -2.32. The topological polar surface area (TPSA) is 21.6 Å². The van der Waals surface area contributed by atoms with Crippen LogP contribution in [0.5, 0.6) is 0 Å². The molecule has 52 heavy (non-hydrogen) atoms. The van der Waals surface area contributed by atoms with Gasteiger partial charge in [-0.2, -0.15) is 0 Å². The summed E-state index contributed by atoms with van der Waals surface area (Å²) in [5, 5.41) is 4.13. The van der Waals surface area contributed by atoms with Crippen LogP contribution in [0.25, 0.3) is 11.1 Å². The molecular formula is C49H58NOP. The number of ether oxygens (including phenoxy) is 1. The molecule has 5 aromatic carbocycles. The van der Waals surface area contributed by atoms with Gasteiger partial charge in [-0.05, 0) is 90.5 Å². The van der Waals surface area contributed by atoms with E-state index in [1.165, 1.54) is 49.3 Å². The molecule has 0 N–H and O–H groups in total. The first-order valence-corrected chi connectivity index (χ1v) is 20.2. The van der Waals surface area contributed by atoms with E-state index in [0.29, 0.717) is 6.61 Å². The molecule has 0 fully saturated rings. The van der Waals surface area contributed by atoms with Crippen LogP contribution in [-0.4, -0.2) is 12.5 Å². The molecule has 1 aliphatic heterocycles. The van der Waals surface area contributed by atoms with E-state index in [0.717, 1.165) is 17.0 Å². The van der Waals surface area contributed by atoms with Gasteiger partial charge in [0, 0.05) is 5.56 Å². The van der Waals surface area contributed by atoms with Crippen LogP contribution < -0.4 is 15.9 Å². The van der Waals surface area contributed by atoms with E-state index in [1.807, 2.05) is 0 Å². The molecule has 0 aliphatic carbocycles. The van der Waals surface area contributed by atoms with Gasteiger partial charge in [-0.3, -0.25) is 0 Å². The molecule has 1 atom stereocenters. The van der Waals surface area contributed by atoms with Crippen LogP contribution in [0.2, 0.25) is 0 Å². The zero-order chi connectivity index (χ0) is 37.6. The molecule has 0 saturated carbocycles. The van der Waals surface area contributed by atoms with Gasteiger partial charge in [0.25, 0.3) is 0 Å². The van der Waals surface area contributed by atoms with Crippen LogP contribution >= 0.6 is 7.92 Å². The second-order valence-electron chi connectivity index (χ2n) is 18.6. The van der Waals surface area contributed by atoms with Gasteiger partial charge in [0.2, 0.25) is 5.90 Å². The molecule has 5 aromatic rings. The Morgan fingerprint density at radius 3 is 1.35 bits per heavy atom. The minimum atomic E-state index is -0.994. The summed E-state index contributed by atoms with van der Waals surface area (Å²) in [4.78, 5) is 5.16. The first-order valence-electron chi connectivity index (χ1n) is 18.9. The zero-order valence-corrected chi connectivity index (χ0v) is 34.5. The molecule has 0 amide bonds. The molecule has 3 heteroatoms. The van der Waals surface area contributed by atoms with E-state index >= 15 is 0 Å². The summed E-state index contributed by atoms with van der Waals surface area (Å²) in [6, 6.07) is 43.2. The second kappa shape index (κ2) is 14.1. The van der Waals surface area contributed by atoms with Gasteiger partial charge in [0.05, 0.1) is 0 Å². The Kier molecular flexibility index (Phi) is 10.2. The summed E-state index contributed by atoms with van der Waals surface area (Å²) in [6.07, 6.45) is 0. The van der Waals surface area contributed by atoms with Crippen molar-refractivity contribution in [2.24, 2.45) is 4.99 Å². The third kappa shape index (κ3) is 8.14. The Bertz CT molecular complexity index is 1940. The maximum Gasteiger partial charge on any atom is 0.217 e. The molecule has 0 spiro atoms. The van der Waals surface area contributed by atoms with Gasteiger partial charge in [0.15, 0.2) is 0 Å². The fraction of sp³-hybridized carbons (Fsp3) is 0.367. The van der Waals surface area contributed by atoms with E-state index in [1.54, 1.807) is 0 Å². The average molecular weight is 708 g/mol. The maximum absolute atomic E-state index is 6.41. The Morgan fingerprint density at radius 2 is 0.885 bits per heavy atom. The fourth-order valence-electron chi connectivity index (χ4n) is 6.81. The standard InChI is InChI=1S/C49H58NOP/c1-46(2,3)34-26-35(47(4,5)6)29-38(28-34)52(39-30-36(48(7,8)9)27-37(31-39)49(10,11)12)44-25-19-18-23-41(44)40-22-16-17-24-42(40)45-50-43(32-51-45)33-20-14-13-15-21-33/h13-31,43H,32H2,1-12H3. The molecule has 0 saturated heterocycles. The van der Waals surface area contributed by atoms with Gasteiger partial charge in [0.1, 0.15) is 12.6 Å². The SMILES string of the molecule is CC(C)(C)c1cc(P(c2cc(C(C)(C)C)cc(C(C)(C)C)c2)c2ccccc2-c2ccccc2C2=NC(c3ccccc3)CO2)cc(C(C)(C)C)c1. The third-order valence-electron chi connectivity index (χ3n) is 10.2. The van der Waals surface area contributed by atoms with Crippen molar-refractivity contribution in [2.75, 3.05) is 6.61 Å². The van der Waals surface area contributed by atoms with Crippen molar-refractivity contribution in [3.63, 3.8) is 0 Å². The number of hydrogen-bond donors (Lipinski definition) is 0. The smallest absolute Gasteiger partial charge is 0.217 e. The number of benzene rings is 5. The van der Waals surface area contributed by atoms with Crippen LogP contribution in [0.4, 0.5) is 0 Å². The van der Waals surface area contributed by atoms with Crippen LogP contribution in [0.15, 0.2) is 120 Å². The molecule has 0 radical (unpaired) electrons. The summed E-state index contributed by atoms with van der Waals surface area (Å²) in [5.74, 6) is 0.720. The van der Waals surface area contributed by atoms with Crippen LogP contribution in [-0.2, 0) is 26.4 Å². The summed E-state index contributed by atoms with van der Waals surface area (Å²) >= 11 is 0. The Balaban J connectivity index is 1.64. The Morgan fingerprint density at radius 1 is 0.481 bits per heavy atom. The van der Waals surface area contributed by atoms with Crippen LogP contribution in [0.3, 0.4) is 0 Å². The lowest BCUT2D eigenvalue weighted by Crippen LogP contribution is -2.28. The molecule has 1 unspecified atom stereocenters. The van der Waals surface area contributed by atoms with Gasteiger partial charge in [-0.25, -0.2) is 4.99 Å². The first-order chi connectivity index (χ1) is 24.3. The quantitative estimate of drug-likeness (QED) is 0.161. The highest BCUT2D eigenvalue weighted by Crippen LogP contribution is 2.43. The summed E-state index contributed by atoms with van der Waals surface area (Å²) in [6.45, 7) is 28.6. The lowest BCUT2D eigenvalue weighted by atomic mass is 9.81. The monoisotopic (exact) mass is 707 g/mol. The van der Waals surface area contributed by atoms with Crippen LogP contribution in [0.1, 0.15) is 123 Å². The van der Waals surface area contributed by atoms with Crippen molar-refractivity contribution in [1.82, 2.24) is 0 Å². The maximum atomic E-state index is 6.41. The van der Waals surface area contributed by atoms with E-state index in [9.17, 15) is 0 Å². The Hall–Kier alpha value is -4.00. The highest BCUT2D eigenvalue weighted by molar-refractivity contribution is 7.80. The van der Waals surface area contributed by atoms with Gasteiger partial charge >= 0.3 is 0 Å². The number of nitrogens with zero attached hydrogens (tertiary/aromatic N) is 1. The highest BCUT2D eigenvalue weighted by Gasteiger charge is 2.30. The first kappa shape index (κ1) is 37.7. The van der Waals surface area contributed by atoms with Gasteiger partial charge in [-0.15, -0.1) is 0 Å². The summed E-state index contributed by atoms with van der Waals surface area (Å²) in [7, 11) is -0.994. The summed E-state index contributed by atoms with van der Waals surface area (Å²) in [5.41, 5.74) is 10.1. The third-order valence-corrected chi connectivity index (χ3v) is 12.7. The van der Waals surface area contributed by atoms with Gasteiger partial charge in [-0.1, -0.05) is 192 Å². The lowest BCUT2D eigenvalue weighted by molar-refractivity contribution is 0.320. The van der Waals surface area contributed by atoms with Crippen molar-refractivity contribution in [3.8, 4) is 11.1 Å². The largest absolute Gasteiger partial charge is 0.475 e. The van der Waals surface area contributed by atoms with Crippen LogP contribution in [0, 0.1) is 0 Å². The van der Waals surface area contributed by atoms with E-state index in [-0.39, 0.29) is 27.7 Å². The average Bonchev–Trinajstić information content (AvgIpc) is 3.58. The minimum absolute atomic E-state index is 0.000207. The van der Waals surface area contributed by atoms with E-state index < -0.39 is 7.92 Å². The fourth-order valence-corrected chi connectivity index (χ4v) is 9.41. The molecule has 0 bridgehead atoms. The number of hydrogen-bond acceptors (Lipinski definition) is 2. The number of rotatable bonds is 6. The van der Waals surface area contributed by atoms with Crippen molar-refractivity contribution in [1.29, 1.82) is 0 Å². The van der Waals surface area contributed by atoms with Crippen molar-refractivity contribution >= 4 is 29.7 Å². The van der Waals surface area contributed by atoms with E-state index in [2.05, 4.69) is 198 Å². The normalized spacial score (nSPS) is 15.5. The molecule has 1 aliphatic rings. The van der Waals surface area contributed by atoms with E-state index in [4.69, 9.17) is 9.73 Å². The minimum Gasteiger partial charge on any atom is -0.475 e. The van der Waals surface area contributed by atoms with Crippen molar-refractivity contribution in [3.05, 3.63) is 149 Å². The second-order valence-corrected chi connectivity index (χ2v) is 20.8. The number of aliphatic imine (C=N–C) groups is 1. The molecule has 6 rings (SSSR count). The predicted octanol–water partition coefficient (Wildman–Crippen LogP) is 11.8. The Labute approximate surface area is 315 Å². The predicted molar refractivity (Wildman–Crippen MR) is 227 cm³/mol. The van der Waals surface area contributed by atoms with Gasteiger partial charge < -0.3 is 4.74 Å². The highest BCUT2D eigenvalue weighted by atomic mass is 31.1. The molecule has 1 heterocycles. The van der Waals surface area contributed by atoms with Crippen molar-refractivity contribution < 1.29 is 4.74 Å². The summed E-state index contributed by atoms with van der Waals surface area (Å²) < 4.78 is 6.41. The molecule has 0 aromatic heterocycles.